The molecule has 0 aliphatic heterocycles. The Bertz CT molecular complexity index is 292. The van der Waals surface area contributed by atoms with Crippen LogP contribution in [-0.4, -0.2) is 14.9 Å². The third-order valence-electron chi connectivity index (χ3n) is 3.20. The Morgan fingerprint density at radius 1 is 1.31 bits per heavy atom. The van der Waals surface area contributed by atoms with Crippen LogP contribution in [0.4, 0.5) is 0 Å². The molecule has 1 heterocycles. The molecule has 1 aromatic rings. The summed E-state index contributed by atoms with van der Waals surface area (Å²) >= 11 is 0. The van der Waals surface area contributed by atoms with Crippen molar-refractivity contribution in [2.75, 3.05) is 0 Å². The molecule has 0 bridgehead atoms. The molecule has 0 aromatic carbocycles. The van der Waals surface area contributed by atoms with Crippen LogP contribution >= 0.6 is 0 Å². The van der Waals surface area contributed by atoms with Crippen molar-refractivity contribution in [3.8, 4) is 0 Å². The Labute approximate surface area is 98.5 Å². The van der Waals surface area contributed by atoms with Crippen LogP contribution in [0.5, 0.6) is 0 Å². The molecule has 0 amide bonds. The summed E-state index contributed by atoms with van der Waals surface area (Å²) in [6.45, 7) is 7.42. The quantitative estimate of drug-likeness (QED) is 0.772. The molecular formula is C13H24N2O. The van der Waals surface area contributed by atoms with Crippen LogP contribution in [0.1, 0.15) is 58.1 Å². The van der Waals surface area contributed by atoms with Gasteiger partial charge in [-0.2, -0.15) is 5.10 Å². The molecule has 3 heteroatoms. The fraction of sp³-hybridized carbons (Fsp3) is 0.769. The highest BCUT2D eigenvalue weighted by atomic mass is 16.3. The van der Waals surface area contributed by atoms with E-state index in [1.54, 1.807) is 6.20 Å². The van der Waals surface area contributed by atoms with Crippen LogP contribution < -0.4 is 0 Å². The SMILES string of the molecule is CCCn1cc(C(O)CC(CC)CC)cn1. The first kappa shape index (κ1) is 13.2. The second-order valence-corrected chi connectivity index (χ2v) is 4.47. The maximum Gasteiger partial charge on any atom is 0.0823 e. The van der Waals surface area contributed by atoms with E-state index in [0.29, 0.717) is 5.92 Å². The summed E-state index contributed by atoms with van der Waals surface area (Å²) in [5.74, 6) is 0.615. The van der Waals surface area contributed by atoms with Crippen LogP contribution in [-0.2, 0) is 6.54 Å². The van der Waals surface area contributed by atoms with Gasteiger partial charge in [0.1, 0.15) is 0 Å². The Balaban J connectivity index is 2.54. The van der Waals surface area contributed by atoms with E-state index in [0.717, 1.165) is 37.8 Å². The highest BCUT2D eigenvalue weighted by Crippen LogP contribution is 2.24. The van der Waals surface area contributed by atoms with E-state index >= 15 is 0 Å². The van der Waals surface area contributed by atoms with Gasteiger partial charge in [-0.15, -0.1) is 0 Å². The highest BCUT2D eigenvalue weighted by molar-refractivity contribution is 5.07. The van der Waals surface area contributed by atoms with Crippen LogP contribution in [0.15, 0.2) is 12.4 Å². The second kappa shape index (κ2) is 6.69. The molecule has 16 heavy (non-hydrogen) atoms. The maximum absolute atomic E-state index is 10.1. The first-order chi connectivity index (χ1) is 7.71. The van der Waals surface area contributed by atoms with E-state index in [2.05, 4.69) is 25.9 Å². The van der Waals surface area contributed by atoms with Gasteiger partial charge in [-0.25, -0.2) is 0 Å². The predicted molar refractivity (Wildman–Crippen MR) is 66.2 cm³/mol. The van der Waals surface area contributed by atoms with Crippen molar-refractivity contribution in [3.63, 3.8) is 0 Å². The van der Waals surface area contributed by atoms with Crippen molar-refractivity contribution in [1.82, 2.24) is 9.78 Å². The standard InChI is InChI=1S/C13H24N2O/c1-4-7-15-10-12(9-14-15)13(16)8-11(5-2)6-3/h9-11,13,16H,4-8H2,1-3H3. The lowest BCUT2D eigenvalue weighted by atomic mass is 9.94. The molecule has 3 nitrogen and oxygen atoms in total. The number of aryl methyl sites for hydroxylation is 1. The van der Waals surface area contributed by atoms with Crippen LogP contribution in [0.25, 0.3) is 0 Å². The number of hydrogen-bond acceptors (Lipinski definition) is 2. The van der Waals surface area contributed by atoms with Crippen molar-refractivity contribution in [2.24, 2.45) is 5.92 Å². The van der Waals surface area contributed by atoms with Crippen molar-refractivity contribution in [3.05, 3.63) is 18.0 Å². The summed E-state index contributed by atoms with van der Waals surface area (Å²) in [5.41, 5.74) is 0.959. The average Bonchev–Trinajstić information content (AvgIpc) is 2.74. The third kappa shape index (κ3) is 3.63. The normalized spacial score (nSPS) is 13.3. The zero-order valence-electron chi connectivity index (χ0n) is 10.7. The van der Waals surface area contributed by atoms with Gasteiger partial charge in [0.2, 0.25) is 0 Å². The molecule has 0 fully saturated rings. The smallest absolute Gasteiger partial charge is 0.0823 e. The first-order valence-corrected chi connectivity index (χ1v) is 6.41. The number of aliphatic hydroxyl groups excluding tert-OH is 1. The fourth-order valence-corrected chi connectivity index (χ4v) is 1.98. The van der Waals surface area contributed by atoms with Crippen molar-refractivity contribution in [2.45, 2.75) is 59.1 Å². The zero-order chi connectivity index (χ0) is 12.0. The number of nitrogens with zero attached hydrogens (tertiary/aromatic N) is 2. The summed E-state index contributed by atoms with van der Waals surface area (Å²) in [7, 11) is 0. The number of aliphatic hydroxyl groups is 1. The van der Waals surface area contributed by atoms with Gasteiger partial charge in [-0.3, -0.25) is 4.68 Å². The maximum atomic E-state index is 10.1. The minimum absolute atomic E-state index is 0.351. The van der Waals surface area contributed by atoms with Gasteiger partial charge in [-0.05, 0) is 18.8 Å². The molecule has 0 saturated carbocycles. The third-order valence-corrected chi connectivity index (χ3v) is 3.20. The first-order valence-electron chi connectivity index (χ1n) is 6.41. The Morgan fingerprint density at radius 3 is 2.56 bits per heavy atom. The van der Waals surface area contributed by atoms with E-state index in [4.69, 9.17) is 0 Å². The van der Waals surface area contributed by atoms with Crippen LogP contribution in [0.3, 0.4) is 0 Å². The molecule has 0 aliphatic rings. The molecule has 92 valence electrons. The summed E-state index contributed by atoms with van der Waals surface area (Å²) in [6, 6.07) is 0. The summed E-state index contributed by atoms with van der Waals surface area (Å²) in [4.78, 5) is 0. The number of rotatable bonds is 7. The highest BCUT2D eigenvalue weighted by Gasteiger charge is 2.14. The lowest BCUT2D eigenvalue weighted by Gasteiger charge is -2.16. The molecule has 1 rings (SSSR count). The van der Waals surface area contributed by atoms with Crippen molar-refractivity contribution >= 4 is 0 Å². The molecule has 1 N–H and O–H groups in total. The molecule has 0 spiro atoms. The fourth-order valence-electron chi connectivity index (χ4n) is 1.98. The molecule has 0 aliphatic carbocycles. The van der Waals surface area contributed by atoms with Crippen LogP contribution in [0.2, 0.25) is 0 Å². The largest absolute Gasteiger partial charge is 0.388 e. The Hall–Kier alpha value is -0.830. The molecule has 0 radical (unpaired) electrons. The minimum Gasteiger partial charge on any atom is -0.388 e. The van der Waals surface area contributed by atoms with Gasteiger partial charge < -0.3 is 5.11 Å². The molecule has 1 atom stereocenters. The number of aromatic nitrogens is 2. The van der Waals surface area contributed by atoms with Crippen molar-refractivity contribution in [1.29, 1.82) is 0 Å². The lowest BCUT2D eigenvalue weighted by molar-refractivity contribution is 0.141. The van der Waals surface area contributed by atoms with Gasteiger partial charge in [0, 0.05) is 18.3 Å². The Kier molecular flexibility index (Phi) is 5.53. The molecular weight excluding hydrogens is 200 g/mol. The van der Waals surface area contributed by atoms with Gasteiger partial charge in [0.15, 0.2) is 0 Å². The van der Waals surface area contributed by atoms with Crippen LogP contribution in [0, 0.1) is 5.92 Å². The van der Waals surface area contributed by atoms with Gasteiger partial charge in [-0.1, -0.05) is 33.6 Å². The van der Waals surface area contributed by atoms with E-state index < -0.39 is 0 Å². The average molecular weight is 224 g/mol. The van der Waals surface area contributed by atoms with Gasteiger partial charge in [0.05, 0.1) is 12.3 Å². The molecule has 1 unspecified atom stereocenters. The second-order valence-electron chi connectivity index (χ2n) is 4.47. The lowest BCUT2D eigenvalue weighted by Crippen LogP contribution is -2.05. The minimum atomic E-state index is -0.351. The Morgan fingerprint density at radius 2 is 2.00 bits per heavy atom. The van der Waals surface area contributed by atoms with E-state index in [9.17, 15) is 5.11 Å². The zero-order valence-corrected chi connectivity index (χ0v) is 10.7. The van der Waals surface area contributed by atoms with Crippen molar-refractivity contribution < 1.29 is 5.11 Å². The number of hydrogen-bond donors (Lipinski definition) is 1. The molecule has 1 aromatic heterocycles. The topological polar surface area (TPSA) is 38.0 Å². The summed E-state index contributed by atoms with van der Waals surface area (Å²) in [6.07, 6.45) is 7.61. The van der Waals surface area contributed by atoms with Gasteiger partial charge >= 0.3 is 0 Å². The van der Waals surface area contributed by atoms with E-state index in [1.165, 1.54) is 0 Å². The monoisotopic (exact) mass is 224 g/mol. The summed E-state index contributed by atoms with van der Waals surface area (Å²) in [5, 5.41) is 14.3. The summed E-state index contributed by atoms with van der Waals surface area (Å²) < 4.78 is 1.91. The predicted octanol–water partition coefficient (Wildman–Crippen LogP) is 3.15. The van der Waals surface area contributed by atoms with E-state index in [-0.39, 0.29) is 6.10 Å². The molecule has 0 saturated heterocycles. The van der Waals surface area contributed by atoms with E-state index in [1.807, 2.05) is 10.9 Å². The van der Waals surface area contributed by atoms with Gasteiger partial charge in [0.25, 0.3) is 0 Å².